The predicted molar refractivity (Wildman–Crippen MR) is 219 cm³/mol. The zero-order chi connectivity index (χ0) is 40.1. The summed E-state index contributed by atoms with van der Waals surface area (Å²) in [6.45, 7) is 27.7. The van der Waals surface area contributed by atoms with Crippen LogP contribution in [0.25, 0.3) is 0 Å². The van der Waals surface area contributed by atoms with Crippen LogP contribution in [0.1, 0.15) is 157 Å². The van der Waals surface area contributed by atoms with Crippen LogP contribution in [-0.2, 0) is 56.9 Å². The minimum Gasteiger partial charge on any atom is -0.507 e. The zero-order valence-corrected chi connectivity index (χ0v) is 34.9. The minimum absolute atomic E-state index is 0.175. The Balaban J connectivity index is 1.91. The van der Waals surface area contributed by atoms with Crippen LogP contribution in [0.15, 0.2) is 48.5 Å². The fraction of sp³-hybridized carbons (Fsp3) is 0.479. The second-order valence-corrected chi connectivity index (χ2v) is 19.4. The Labute approximate surface area is 323 Å². The Morgan fingerprint density at radius 2 is 0.722 bits per heavy atom. The van der Waals surface area contributed by atoms with Gasteiger partial charge in [0.2, 0.25) is 0 Å². The van der Waals surface area contributed by atoms with Gasteiger partial charge in [0, 0.05) is 25.7 Å². The van der Waals surface area contributed by atoms with Gasteiger partial charge in [-0.15, -0.1) is 0 Å². The number of hydrogen-bond donors (Lipinski definition) is 3. The van der Waals surface area contributed by atoms with E-state index in [0.717, 1.165) is 66.8 Å². The average molecular weight is 735 g/mol. The van der Waals surface area contributed by atoms with Crippen molar-refractivity contribution in [3.63, 3.8) is 0 Å². The summed E-state index contributed by atoms with van der Waals surface area (Å²) in [4.78, 5) is 12.8. The summed E-state index contributed by atoms with van der Waals surface area (Å²) < 4.78 is 11.7. The second kappa shape index (κ2) is 14.7. The summed E-state index contributed by atoms with van der Waals surface area (Å²) in [5, 5.41) is 36.3. The number of hydrogen-bond acceptors (Lipinski definition) is 6. The number of carbonyl (C=O) groups excluding carboxylic acids is 1. The molecular formula is C48H62O6. The number of aromatic hydroxyl groups is 3. The molecular weight excluding hydrogens is 673 g/mol. The van der Waals surface area contributed by atoms with E-state index in [1.165, 1.54) is 0 Å². The van der Waals surface area contributed by atoms with Crippen molar-refractivity contribution in [2.75, 3.05) is 13.2 Å². The Hall–Kier alpha value is -4.45. The summed E-state index contributed by atoms with van der Waals surface area (Å²) >= 11 is 0. The molecule has 1 aliphatic carbocycles. The highest BCUT2D eigenvalue weighted by atomic mass is 16.6. The molecule has 0 saturated carbocycles. The molecule has 4 aromatic carbocycles. The number of carbonyl (C=O) groups is 1. The van der Waals surface area contributed by atoms with E-state index in [1.54, 1.807) is 6.92 Å². The van der Waals surface area contributed by atoms with E-state index < -0.39 is 5.97 Å². The van der Waals surface area contributed by atoms with E-state index in [0.29, 0.717) is 31.4 Å². The molecule has 54 heavy (non-hydrogen) atoms. The van der Waals surface area contributed by atoms with Gasteiger partial charge in [-0.05, 0) is 95.3 Å². The lowest BCUT2D eigenvalue weighted by molar-refractivity contribution is -0.145. The lowest BCUT2D eigenvalue weighted by Crippen LogP contribution is -2.18. The fourth-order valence-corrected chi connectivity index (χ4v) is 7.18. The highest BCUT2D eigenvalue weighted by Gasteiger charge is 2.28. The van der Waals surface area contributed by atoms with E-state index in [9.17, 15) is 20.1 Å². The maximum Gasteiger partial charge on any atom is 0.344 e. The van der Waals surface area contributed by atoms with Gasteiger partial charge in [0.05, 0.1) is 6.61 Å². The van der Waals surface area contributed by atoms with Crippen molar-refractivity contribution in [3.05, 3.63) is 115 Å². The molecule has 5 rings (SSSR count). The number of phenolic OH excluding ortho intramolecular Hbond substituents is 3. The van der Waals surface area contributed by atoms with Crippen molar-refractivity contribution in [2.45, 2.75) is 137 Å². The van der Waals surface area contributed by atoms with Crippen LogP contribution in [0.3, 0.4) is 0 Å². The number of rotatable bonds is 4. The molecule has 0 spiro atoms. The van der Waals surface area contributed by atoms with Crippen molar-refractivity contribution in [1.29, 1.82) is 0 Å². The molecule has 8 bridgehead atoms. The van der Waals surface area contributed by atoms with Gasteiger partial charge in [0.15, 0.2) is 6.61 Å². The number of esters is 1. The Bertz CT molecular complexity index is 1940. The first-order valence-corrected chi connectivity index (χ1v) is 19.4. The van der Waals surface area contributed by atoms with Gasteiger partial charge in [-0.1, -0.05) is 132 Å². The first kappa shape index (κ1) is 40.7. The van der Waals surface area contributed by atoms with E-state index >= 15 is 0 Å². The second-order valence-electron chi connectivity index (χ2n) is 19.4. The third kappa shape index (κ3) is 8.91. The van der Waals surface area contributed by atoms with E-state index in [2.05, 4.69) is 132 Å². The molecule has 0 saturated heterocycles. The summed E-state index contributed by atoms with van der Waals surface area (Å²) in [6.07, 6.45) is 1.28. The standard InChI is InChI=1S/C48H62O6/c1-14-53-40(49)27-54-44-34-17-32-23-37(46(5,6)7)21-30(42(32)51)15-28-19-36(45(2,3)4)20-29(41(28)50)16-31-22-38(47(8,9)10)24-33(43(31)52)18-35(44)26-39(25-34)48(11,12)13/h19-26,50-52H,14-18,27H2,1-13H3. The Morgan fingerprint density at radius 1 is 0.481 bits per heavy atom. The number of ether oxygens (including phenoxy) is 2. The predicted octanol–water partition coefficient (Wildman–Crippen LogP) is 10.6. The third-order valence-corrected chi connectivity index (χ3v) is 10.7. The highest BCUT2D eigenvalue weighted by molar-refractivity contribution is 5.71. The molecule has 0 atom stereocenters. The maximum absolute atomic E-state index is 12.8. The van der Waals surface area contributed by atoms with Crippen LogP contribution in [0, 0.1) is 0 Å². The smallest absolute Gasteiger partial charge is 0.344 e. The van der Waals surface area contributed by atoms with Gasteiger partial charge in [-0.25, -0.2) is 4.79 Å². The molecule has 0 aliphatic heterocycles. The topological polar surface area (TPSA) is 96.2 Å². The van der Waals surface area contributed by atoms with Gasteiger partial charge in [0.1, 0.15) is 23.0 Å². The Kier molecular flexibility index (Phi) is 11.1. The van der Waals surface area contributed by atoms with E-state index in [4.69, 9.17) is 9.47 Å². The molecule has 0 heterocycles. The third-order valence-electron chi connectivity index (χ3n) is 10.7. The number of phenols is 3. The van der Waals surface area contributed by atoms with Gasteiger partial charge in [-0.3, -0.25) is 0 Å². The minimum atomic E-state index is -0.466. The molecule has 6 nitrogen and oxygen atoms in total. The van der Waals surface area contributed by atoms with Gasteiger partial charge in [0.25, 0.3) is 0 Å². The van der Waals surface area contributed by atoms with Gasteiger partial charge >= 0.3 is 5.97 Å². The Morgan fingerprint density at radius 3 is 0.963 bits per heavy atom. The van der Waals surface area contributed by atoms with E-state index in [1.807, 2.05) is 0 Å². The van der Waals surface area contributed by atoms with Gasteiger partial charge in [-0.2, -0.15) is 0 Å². The lowest BCUT2D eigenvalue weighted by Gasteiger charge is -2.27. The van der Waals surface area contributed by atoms with Crippen molar-refractivity contribution in [2.24, 2.45) is 0 Å². The molecule has 4 aromatic rings. The summed E-state index contributed by atoms with van der Waals surface area (Å²) in [7, 11) is 0. The maximum atomic E-state index is 12.8. The normalized spacial score (nSPS) is 13.8. The van der Waals surface area contributed by atoms with Crippen LogP contribution in [-0.4, -0.2) is 34.5 Å². The van der Waals surface area contributed by atoms with Crippen molar-refractivity contribution in [3.8, 4) is 23.0 Å². The zero-order valence-electron chi connectivity index (χ0n) is 34.9. The molecule has 0 unspecified atom stereocenters. The summed E-state index contributed by atoms with van der Waals surface area (Å²) in [5.74, 6) is 0.605. The number of fused-ring (bicyclic) bond motifs is 8. The van der Waals surface area contributed by atoms with Crippen molar-refractivity contribution in [1.82, 2.24) is 0 Å². The van der Waals surface area contributed by atoms with Crippen LogP contribution in [0.2, 0.25) is 0 Å². The first-order chi connectivity index (χ1) is 24.9. The average Bonchev–Trinajstić information content (AvgIpc) is 3.03. The molecule has 3 N–H and O–H groups in total. The molecule has 0 aromatic heterocycles. The molecule has 1 aliphatic rings. The van der Waals surface area contributed by atoms with Crippen molar-refractivity contribution >= 4 is 5.97 Å². The van der Waals surface area contributed by atoms with Crippen LogP contribution < -0.4 is 4.74 Å². The summed E-state index contributed by atoms with van der Waals surface area (Å²) in [5.41, 5.74) is 9.35. The van der Waals surface area contributed by atoms with Crippen LogP contribution >= 0.6 is 0 Å². The van der Waals surface area contributed by atoms with Crippen molar-refractivity contribution < 1.29 is 29.6 Å². The SMILES string of the molecule is CCOC(=O)COc1c2cc(C(C)(C)C)cc1Cc1cc(C(C)(C)C)cc(c1O)Cc1cc(C(C)(C)C)cc(c1O)Cc1cc(C(C)(C)C)cc(c1O)C2. The number of benzene rings is 4. The first-order valence-electron chi connectivity index (χ1n) is 19.4. The quantitative estimate of drug-likeness (QED) is 0.159. The molecule has 0 fully saturated rings. The van der Waals surface area contributed by atoms with Crippen LogP contribution in [0.4, 0.5) is 0 Å². The van der Waals surface area contributed by atoms with Crippen LogP contribution in [0.5, 0.6) is 23.0 Å². The monoisotopic (exact) mass is 734 g/mol. The largest absolute Gasteiger partial charge is 0.507 e. The van der Waals surface area contributed by atoms with E-state index in [-0.39, 0.29) is 52.1 Å². The van der Waals surface area contributed by atoms with Gasteiger partial charge < -0.3 is 24.8 Å². The lowest BCUT2D eigenvalue weighted by atomic mass is 9.79. The fourth-order valence-electron chi connectivity index (χ4n) is 7.18. The summed E-state index contributed by atoms with van der Waals surface area (Å²) in [6, 6.07) is 16.6. The highest BCUT2D eigenvalue weighted by Crippen LogP contribution is 2.43. The molecule has 290 valence electrons. The molecule has 6 heteroatoms. The molecule has 0 radical (unpaired) electrons. The molecule has 0 amide bonds.